The van der Waals surface area contributed by atoms with E-state index in [4.69, 9.17) is 5.11 Å². The maximum Gasteiger partial charge on any atom is 0.303 e. The lowest BCUT2D eigenvalue weighted by molar-refractivity contribution is -0.137. The van der Waals surface area contributed by atoms with Crippen molar-refractivity contribution in [3.8, 4) is 0 Å². The molecule has 0 spiro atoms. The quantitative estimate of drug-likeness (QED) is 0.740. The maximum atomic E-state index is 10.5. The SMILES string of the molecule is CC(CCC(=O)O)Nc1cccc2[nH]ncc12. The molecule has 1 unspecified atom stereocenters. The van der Waals surface area contributed by atoms with Gasteiger partial charge in [-0.1, -0.05) is 6.07 Å². The van der Waals surface area contributed by atoms with E-state index in [9.17, 15) is 4.79 Å². The highest BCUT2D eigenvalue weighted by Gasteiger charge is 2.08. The molecule has 2 rings (SSSR count). The lowest BCUT2D eigenvalue weighted by Gasteiger charge is -2.14. The average Bonchev–Trinajstić information content (AvgIpc) is 2.75. The third-order valence-electron chi connectivity index (χ3n) is 2.68. The number of benzene rings is 1. The van der Waals surface area contributed by atoms with Crippen molar-refractivity contribution >= 4 is 22.6 Å². The van der Waals surface area contributed by atoms with Crippen molar-refractivity contribution in [3.63, 3.8) is 0 Å². The van der Waals surface area contributed by atoms with Crippen molar-refractivity contribution in [1.82, 2.24) is 10.2 Å². The van der Waals surface area contributed by atoms with Gasteiger partial charge >= 0.3 is 5.97 Å². The molecular weight excluding hydrogens is 218 g/mol. The summed E-state index contributed by atoms with van der Waals surface area (Å²) in [5, 5.41) is 19.8. The van der Waals surface area contributed by atoms with E-state index in [1.54, 1.807) is 6.20 Å². The third-order valence-corrected chi connectivity index (χ3v) is 2.68. The van der Waals surface area contributed by atoms with E-state index in [1.807, 2.05) is 25.1 Å². The molecule has 0 amide bonds. The molecule has 90 valence electrons. The summed E-state index contributed by atoms with van der Waals surface area (Å²) in [5.41, 5.74) is 1.95. The van der Waals surface area contributed by atoms with Gasteiger partial charge in [0, 0.05) is 23.5 Å². The van der Waals surface area contributed by atoms with Crippen LogP contribution < -0.4 is 5.32 Å². The Labute approximate surface area is 98.8 Å². The average molecular weight is 233 g/mol. The van der Waals surface area contributed by atoms with Crippen LogP contribution in [0.3, 0.4) is 0 Å². The molecule has 17 heavy (non-hydrogen) atoms. The van der Waals surface area contributed by atoms with Crippen LogP contribution in [0.25, 0.3) is 10.9 Å². The predicted octanol–water partition coefficient (Wildman–Crippen LogP) is 2.23. The van der Waals surface area contributed by atoms with Crippen molar-refractivity contribution in [3.05, 3.63) is 24.4 Å². The van der Waals surface area contributed by atoms with Gasteiger partial charge in [-0.25, -0.2) is 0 Å². The molecule has 1 atom stereocenters. The minimum Gasteiger partial charge on any atom is -0.481 e. The van der Waals surface area contributed by atoms with Crippen molar-refractivity contribution < 1.29 is 9.90 Å². The number of hydrogen-bond donors (Lipinski definition) is 3. The number of nitrogens with one attached hydrogen (secondary N) is 2. The zero-order valence-corrected chi connectivity index (χ0v) is 9.60. The molecular formula is C12H15N3O2. The monoisotopic (exact) mass is 233 g/mol. The van der Waals surface area contributed by atoms with Gasteiger partial charge in [-0.05, 0) is 25.5 Å². The van der Waals surface area contributed by atoms with Crippen LogP contribution in [0.15, 0.2) is 24.4 Å². The van der Waals surface area contributed by atoms with Crippen LogP contribution in [0.4, 0.5) is 5.69 Å². The number of nitrogens with zero attached hydrogens (tertiary/aromatic N) is 1. The van der Waals surface area contributed by atoms with Gasteiger partial charge in [0.2, 0.25) is 0 Å². The molecule has 5 nitrogen and oxygen atoms in total. The van der Waals surface area contributed by atoms with E-state index in [2.05, 4.69) is 15.5 Å². The van der Waals surface area contributed by atoms with Gasteiger partial charge in [0.25, 0.3) is 0 Å². The first-order chi connectivity index (χ1) is 8.16. The standard InChI is InChI=1S/C12H15N3O2/c1-8(5-6-12(16)17)14-10-3-2-4-11-9(10)7-13-15-11/h2-4,7-8,14H,5-6H2,1H3,(H,13,15)(H,16,17). The molecule has 0 aliphatic rings. The number of carbonyl (C=O) groups is 1. The first kappa shape index (κ1) is 11.4. The molecule has 0 aliphatic heterocycles. The summed E-state index contributed by atoms with van der Waals surface area (Å²) in [7, 11) is 0. The van der Waals surface area contributed by atoms with Crippen molar-refractivity contribution in [1.29, 1.82) is 0 Å². The molecule has 1 aromatic carbocycles. The zero-order chi connectivity index (χ0) is 12.3. The number of aromatic nitrogens is 2. The van der Waals surface area contributed by atoms with Crippen molar-refractivity contribution in [2.24, 2.45) is 0 Å². The number of carboxylic acid groups (broad SMARTS) is 1. The summed E-state index contributed by atoms with van der Waals surface area (Å²) in [6.45, 7) is 1.97. The molecule has 3 N–H and O–H groups in total. The number of aliphatic carboxylic acids is 1. The Morgan fingerprint density at radius 2 is 2.41 bits per heavy atom. The van der Waals surface area contributed by atoms with Gasteiger partial charge in [-0.2, -0.15) is 5.10 Å². The fraction of sp³-hybridized carbons (Fsp3) is 0.333. The molecule has 0 saturated carbocycles. The second-order valence-electron chi connectivity index (χ2n) is 4.11. The molecule has 0 aliphatic carbocycles. The van der Waals surface area contributed by atoms with Crippen molar-refractivity contribution in [2.75, 3.05) is 5.32 Å². The number of anilines is 1. The summed E-state index contributed by atoms with van der Waals surface area (Å²) in [4.78, 5) is 10.5. The third kappa shape index (κ3) is 2.75. The second-order valence-corrected chi connectivity index (χ2v) is 4.11. The number of carboxylic acids is 1. The van der Waals surface area contributed by atoms with E-state index < -0.39 is 5.97 Å². The normalized spacial score (nSPS) is 12.5. The molecule has 0 fully saturated rings. The molecule has 2 aromatic rings. The summed E-state index contributed by atoms with van der Waals surface area (Å²) in [5.74, 6) is -0.764. The summed E-state index contributed by atoms with van der Waals surface area (Å²) in [6, 6.07) is 5.98. The van der Waals surface area contributed by atoms with E-state index in [1.165, 1.54) is 0 Å². The molecule has 5 heteroatoms. The first-order valence-electron chi connectivity index (χ1n) is 5.57. The highest BCUT2D eigenvalue weighted by molar-refractivity contribution is 5.90. The fourth-order valence-electron chi connectivity index (χ4n) is 1.77. The molecule has 1 heterocycles. The van der Waals surface area contributed by atoms with Crippen LogP contribution in [0.1, 0.15) is 19.8 Å². The number of hydrogen-bond acceptors (Lipinski definition) is 3. The lowest BCUT2D eigenvalue weighted by Crippen LogP contribution is -2.16. The summed E-state index contributed by atoms with van der Waals surface area (Å²) >= 11 is 0. The fourth-order valence-corrected chi connectivity index (χ4v) is 1.77. The van der Waals surface area contributed by atoms with Crippen LogP contribution in [0.5, 0.6) is 0 Å². The van der Waals surface area contributed by atoms with E-state index in [0.29, 0.717) is 6.42 Å². The molecule has 0 radical (unpaired) electrons. The topological polar surface area (TPSA) is 78.0 Å². The number of fused-ring (bicyclic) bond motifs is 1. The zero-order valence-electron chi connectivity index (χ0n) is 9.60. The Morgan fingerprint density at radius 3 is 3.18 bits per heavy atom. The minimum atomic E-state index is -0.764. The highest BCUT2D eigenvalue weighted by Crippen LogP contribution is 2.22. The predicted molar refractivity (Wildman–Crippen MR) is 66.0 cm³/mol. The Balaban J connectivity index is 2.07. The Kier molecular flexibility index (Phi) is 3.27. The first-order valence-corrected chi connectivity index (χ1v) is 5.57. The van der Waals surface area contributed by atoms with Gasteiger partial charge in [0.15, 0.2) is 0 Å². The van der Waals surface area contributed by atoms with Gasteiger partial charge < -0.3 is 10.4 Å². The number of rotatable bonds is 5. The molecule has 0 saturated heterocycles. The van der Waals surface area contributed by atoms with Crippen LogP contribution in [0.2, 0.25) is 0 Å². The van der Waals surface area contributed by atoms with Gasteiger partial charge in [-0.3, -0.25) is 9.89 Å². The number of aromatic amines is 1. The van der Waals surface area contributed by atoms with E-state index in [0.717, 1.165) is 16.6 Å². The molecule has 0 bridgehead atoms. The van der Waals surface area contributed by atoms with Crippen molar-refractivity contribution in [2.45, 2.75) is 25.8 Å². The van der Waals surface area contributed by atoms with Gasteiger partial charge in [0.05, 0.1) is 11.7 Å². The minimum absolute atomic E-state index is 0.117. The number of H-pyrrole nitrogens is 1. The van der Waals surface area contributed by atoms with Crippen LogP contribution >= 0.6 is 0 Å². The van der Waals surface area contributed by atoms with Gasteiger partial charge in [0.1, 0.15) is 0 Å². The molecule has 1 aromatic heterocycles. The van der Waals surface area contributed by atoms with Crippen LogP contribution in [0, 0.1) is 0 Å². The summed E-state index contributed by atoms with van der Waals surface area (Å²) in [6.07, 6.45) is 2.54. The second kappa shape index (κ2) is 4.86. The summed E-state index contributed by atoms with van der Waals surface area (Å²) < 4.78 is 0. The smallest absolute Gasteiger partial charge is 0.303 e. The Hall–Kier alpha value is -2.04. The van der Waals surface area contributed by atoms with Gasteiger partial charge in [-0.15, -0.1) is 0 Å². The Bertz CT molecular complexity index is 521. The van der Waals surface area contributed by atoms with E-state index in [-0.39, 0.29) is 12.5 Å². The highest BCUT2D eigenvalue weighted by atomic mass is 16.4. The lowest BCUT2D eigenvalue weighted by atomic mass is 10.1. The van der Waals surface area contributed by atoms with Crippen LogP contribution in [-0.4, -0.2) is 27.3 Å². The Morgan fingerprint density at radius 1 is 1.59 bits per heavy atom. The largest absolute Gasteiger partial charge is 0.481 e. The maximum absolute atomic E-state index is 10.5. The van der Waals surface area contributed by atoms with Crippen LogP contribution in [-0.2, 0) is 4.79 Å². The van der Waals surface area contributed by atoms with E-state index >= 15 is 0 Å².